The van der Waals surface area contributed by atoms with E-state index in [1.165, 1.54) is 23.9 Å². The van der Waals surface area contributed by atoms with Crippen molar-refractivity contribution in [3.63, 3.8) is 0 Å². The molecule has 106 valence electrons. The van der Waals surface area contributed by atoms with Gasteiger partial charge in [-0.25, -0.2) is 9.59 Å². The van der Waals surface area contributed by atoms with E-state index in [-0.39, 0.29) is 9.49 Å². The fraction of sp³-hybridized carbons (Fsp3) is 0.429. The minimum Gasteiger partial charge on any atom is -0.210 e. The molecular weight excluding hydrogens is 292 g/mol. The van der Waals surface area contributed by atoms with Crippen LogP contribution < -0.4 is 0 Å². The van der Waals surface area contributed by atoms with E-state index in [1.54, 1.807) is 12.2 Å². The molecule has 1 aromatic carbocycles. The molecule has 1 rings (SSSR count). The molecule has 0 aromatic heterocycles. The smallest absolute Gasteiger partial charge is 0.210 e. The average molecular weight is 308 g/mol. The lowest BCUT2D eigenvalue weighted by molar-refractivity contribution is 0.565. The third-order valence-electron chi connectivity index (χ3n) is 2.85. The summed E-state index contributed by atoms with van der Waals surface area (Å²) in [5.41, 5.74) is 2.09. The molecular formula is C14H16N2O2S2. The summed E-state index contributed by atoms with van der Waals surface area (Å²) in [4.78, 5) is 20.7. The van der Waals surface area contributed by atoms with Crippen molar-refractivity contribution in [2.24, 2.45) is 8.80 Å². The van der Waals surface area contributed by atoms with Crippen LogP contribution in [0.3, 0.4) is 0 Å². The first-order valence-electron chi connectivity index (χ1n) is 5.96. The standard InChI is InChI=1S/C14H16N2O2S2/c1-13(2,19-15-9-17)11-7-5-6-8-12(11)14(3,4)20-16-10-18/h5-8H,1-4H3. The average Bonchev–Trinajstić information content (AvgIpc) is 2.43. The molecule has 1 aromatic rings. The third kappa shape index (κ3) is 4.09. The lowest BCUT2D eigenvalue weighted by atomic mass is 9.89. The van der Waals surface area contributed by atoms with Crippen LogP contribution in [-0.4, -0.2) is 12.2 Å². The Morgan fingerprint density at radius 3 is 1.50 bits per heavy atom. The van der Waals surface area contributed by atoms with E-state index in [0.717, 1.165) is 11.1 Å². The molecule has 20 heavy (non-hydrogen) atoms. The van der Waals surface area contributed by atoms with Gasteiger partial charge in [0, 0.05) is 0 Å². The summed E-state index contributed by atoms with van der Waals surface area (Å²) in [5.74, 6) is 0. The van der Waals surface area contributed by atoms with Crippen LogP contribution in [0.25, 0.3) is 0 Å². The van der Waals surface area contributed by atoms with Gasteiger partial charge in [-0.1, -0.05) is 24.3 Å². The molecule has 0 aliphatic carbocycles. The lowest BCUT2D eigenvalue weighted by Gasteiger charge is -2.30. The molecule has 0 saturated carbocycles. The molecule has 6 heteroatoms. The summed E-state index contributed by atoms with van der Waals surface area (Å²) >= 11 is 2.34. The molecule has 0 amide bonds. The highest BCUT2D eigenvalue weighted by atomic mass is 32.2. The summed E-state index contributed by atoms with van der Waals surface area (Å²) in [7, 11) is 0. The van der Waals surface area contributed by atoms with Gasteiger partial charge in [0.25, 0.3) is 0 Å². The molecule has 0 aliphatic heterocycles. The highest BCUT2D eigenvalue weighted by molar-refractivity contribution is 7.99. The van der Waals surface area contributed by atoms with Crippen LogP contribution in [0.15, 0.2) is 33.1 Å². The Hall–Kier alpha value is -1.32. The Kier molecular flexibility index (Phi) is 5.78. The van der Waals surface area contributed by atoms with Crippen molar-refractivity contribution < 1.29 is 9.59 Å². The molecule has 0 spiro atoms. The van der Waals surface area contributed by atoms with Crippen LogP contribution in [0.1, 0.15) is 38.8 Å². The summed E-state index contributed by atoms with van der Waals surface area (Å²) in [6.07, 6.45) is 3.10. The lowest BCUT2D eigenvalue weighted by Crippen LogP contribution is -2.21. The number of benzene rings is 1. The second-order valence-electron chi connectivity index (χ2n) is 5.11. The van der Waals surface area contributed by atoms with Crippen LogP contribution >= 0.6 is 23.9 Å². The maximum Gasteiger partial charge on any atom is 0.247 e. The van der Waals surface area contributed by atoms with Crippen LogP contribution in [0.2, 0.25) is 0 Å². The van der Waals surface area contributed by atoms with Gasteiger partial charge < -0.3 is 0 Å². The Balaban J connectivity index is 3.29. The Morgan fingerprint density at radius 1 is 0.850 bits per heavy atom. The van der Waals surface area contributed by atoms with Crippen LogP contribution in [0.5, 0.6) is 0 Å². The summed E-state index contributed by atoms with van der Waals surface area (Å²) in [6, 6.07) is 7.87. The zero-order valence-electron chi connectivity index (χ0n) is 11.8. The van der Waals surface area contributed by atoms with E-state index in [9.17, 15) is 9.59 Å². The van der Waals surface area contributed by atoms with Crippen molar-refractivity contribution in [2.45, 2.75) is 37.2 Å². The van der Waals surface area contributed by atoms with Gasteiger partial charge in [-0.3, -0.25) is 0 Å². The molecule has 0 N–H and O–H groups in total. The first-order chi connectivity index (χ1) is 9.35. The monoisotopic (exact) mass is 308 g/mol. The van der Waals surface area contributed by atoms with Crippen LogP contribution in [-0.2, 0) is 19.1 Å². The van der Waals surface area contributed by atoms with Gasteiger partial charge in [0.05, 0.1) is 9.49 Å². The zero-order chi connectivity index (χ0) is 15.2. The largest absolute Gasteiger partial charge is 0.247 e. The molecule has 4 nitrogen and oxygen atoms in total. The first-order valence-corrected chi connectivity index (χ1v) is 7.50. The number of carbonyl (C=O) groups excluding carboxylic acids is 2. The highest BCUT2D eigenvalue weighted by Gasteiger charge is 2.32. The molecule has 0 unspecified atom stereocenters. The fourth-order valence-electron chi connectivity index (χ4n) is 1.90. The van der Waals surface area contributed by atoms with Crippen molar-refractivity contribution in [2.75, 3.05) is 0 Å². The van der Waals surface area contributed by atoms with E-state index < -0.39 is 0 Å². The Bertz CT molecular complexity index is 521. The fourth-order valence-corrected chi connectivity index (χ4v) is 2.98. The highest BCUT2D eigenvalue weighted by Crippen LogP contribution is 2.45. The molecule has 0 fully saturated rings. The number of nitrogens with zero attached hydrogens (tertiary/aromatic N) is 2. The van der Waals surface area contributed by atoms with Crippen molar-refractivity contribution in [1.82, 2.24) is 0 Å². The van der Waals surface area contributed by atoms with Gasteiger partial charge in [0.15, 0.2) is 0 Å². The van der Waals surface area contributed by atoms with Crippen LogP contribution in [0.4, 0.5) is 0 Å². The maximum absolute atomic E-state index is 10.3. The minimum atomic E-state index is -0.378. The van der Waals surface area contributed by atoms with E-state index in [2.05, 4.69) is 8.80 Å². The molecule has 0 atom stereocenters. The summed E-state index contributed by atoms with van der Waals surface area (Å²) in [5, 5.41) is 0. The second-order valence-corrected chi connectivity index (χ2v) is 7.89. The SMILES string of the molecule is CC(C)(SN=C=O)c1ccccc1C(C)(C)SN=C=O. The van der Waals surface area contributed by atoms with Gasteiger partial charge in [0.1, 0.15) is 0 Å². The van der Waals surface area contributed by atoms with Crippen molar-refractivity contribution in [3.8, 4) is 0 Å². The predicted molar refractivity (Wildman–Crippen MR) is 83.9 cm³/mol. The predicted octanol–water partition coefficient (Wildman–Crippen LogP) is 4.12. The van der Waals surface area contributed by atoms with E-state index in [1.807, 2.05) is 52.0 Å². The molecule has 0 bridgehead atoms. The van der Waals surface area contributed by atoms with Gasteiger partial charge in [-0.2, -0.15) is 0 Å². The van der Waals surface area contributed by atoms with Crippen LogP contribution in [0, 0.1) is 0 Å². The second kappa shape index (κ2) is 6.91. The first kappa shape index (κ1) is 16.7. The summed E-state index contributed by atoms with van der Waals surface area (Å²) < 4.78 is 6.49. The normalized spacial score (nSPS) is 11.4. The van der Waals surface area contributed by atoms with Gasteiger partial charge >= 0.3 is 0 Å². The number of hydrogen-bond donors (Lipinski definition) is 0. The Labute approximate surface area is 127 Å². The topological polar surface area (TPSA) is 58.9 Å². The van der Waals surface area contributed by atoms with Crippen molar-refractivity contribution in [1.29, 1.82) is 0 Å². The number of hydrogen-bond acceptors (Lipinski definition) is 6. The summed E-state index contributed by atoms with van der Waals surface area (Å²) in [6.45, 7) is 7.95. The minimum absolute atomic E-state index is 0.378. The van der Waals surface area contributed by atoms with Crippen molar-refractivity contribution >= 4 is 36.1 Å². The maximum atomic E-state index is 10.3. The Morgan fingerprint density at radius 2 is 1.20 bits per heavy atom. The molecule has 0 heterocycles. The number of rotatable bonds is 6. The van der Waals surface area contributed by atoms with Crippen molar-refractivity contribution in [3.05, 3.63) is 35.4 Å². The number of isocyanates is 2. The third-order valence-corrected chi connectivity index (χ3v) is 4.53. The van der Waals surface area contributed by atoms with E-state index >= 15 is 0 Å². The zero-order valence-corrected chi connectivity index (χ0v) is 13.5. The van der Waals surface area contributed by atoms with Gasteiger partial charge in [0.2, 0.25) is 12.2 Å². The quantitative estimate of drug-likeness (QED) is 0.450. The molecule has 0 radical (unpaired) electrons. The van der Waals surface area contributed by atoms with E-state index in [0.29, 0.717) is 0 Å². The van der Waals surface area contributed by atoms with E-state index in [4.69, 9.17) is 0 Å². The molecule has 0 aliphatic rings. The molecule has 0 saturated heterocycles. The van der Waals surface area contributed by atoms with Gasteiger partial charge in [-0.15, -0.1) is 8.80 Å². The van der Waals surface area contributed by atoms with Gasteiger partial charge in [-0.05, 0) is 62.7 Å².